The quantitative estimate of drug-likeness (QED) is 0.790. The van der Waals surface area contributed by atoms with E-state index in [1.54, 1.807) is 0 Å². The van der Waals surface area contributed by atoms with Crippen LogP contribution in [0.1, 0.15) is 35.2 Å². The SMILES string of the molecule is O=C(CC1(c2ccccc2)CCCO1)c1ccc(F)cc1. The predicted octanol–water partition coefficient (Wildman–Crippen LogP) is 4.10. The van der Waals surface area contributed by atoms with Gasteiger partial charge in [0.25, 0.3) is 0 Å². The molecule has 1 aliphatic heterocycles. The van der Waals surface area contributed by atoms with Gasteiger partial charge in [0.05, 0.1) is 0 Å². The van der Waals surface area contributed by atoms with E-state index in [0.717, 1.165) is 18.4 Å². The van der Waals surface area contributed by atoms with Crippen molar-refractivity contribution in [2.75, 3.05) is 6.61 Å². The number of hydrogen-bond acceptors (Lipinski definition) is 2. The second kappa shape index (κ2) is 5.78. The monoisotopic (exact) mass is 284 g/mol. The lowest BCUT2D eigenvalue weighted by Crippen LogP contribution is -2.28. The largest absolute Gasteiger partial charge is 0.370 e. The Bertz CT molecular complexity index is 613. The van der Waals surface area contributed by atoms with Crippen LogP contribution in [0.25, 0.3) is 0 Å². The number of ether oxygens (including phenoxy) is 1. The minimum absolute atomic E-state index is 0.0132. The molecule has 0 aromatic heterocycles. The molecule has 0 N–H and O–H groups in total. The van der Waals surface area contributed by atoms with Gasteiger partial charge in [-0.15, -0.1) is 0 Å². The molecule has 1 atom stereocenters. The lowest BCUT2D eigenvalue weighted by Gasteiger charge is -2.28. The number of rotatable bonds is 4. The summed E-state index contributed by atoms with van der Waals surface area (Å²) in [5, 5.41) is 0. The Balaban J connectivity index is 1.86. The van der Waals surface area contributed by atoms with E-state index >= 15 is 0 Å². The van der Waals surface area contributed by atoms with Gasteiger partial charge in [0.2, 0.25) is 0 Å². The van der Waals surface area contributed by atoms with Crippen LogP contribution in [0.15, 0.2) is 54.6 Å². The molecule has 0 spiro atoms. The van der Waals surface area contributed by atoms with Gasteiger partial charge in [-0.2, -0.15) is 0 Å². The number of hydrogen-bond donors (Lipinski definition) is 0. The molecule has 0 aliphatic carbocycles. The summed E-state index contributed by atoms with van der Waals surface area (Å²) < 4.78 is 18.9. The molecule has 3 rings (SSSR count). The van der Waals surface area contributed by atoms with E-state index in [2.05, 4.69) is 0 Å². The van der Waals surface area contributed by atoms with Gasteiger partial charge >= 0.3 is 0 Å². The van der Waals surface area contributed by atoms with Crippen molar-refractivity contribution in [3.63, 3.8) is 0 Å². The van der Waals surface area contributed by atoms with Crippen molar-refractivity contribution in [3.05, 3.63) is 71.5 Å². The van der Waals surface area contributed by atoms with Gasteiger partial charge in [0, 0.05) is 18.6 Å². The third-order valence-corrected chi connectivity index (χ3v) is 4.02. The summed E-state index contributed by atoms with van der Waals surface area (Å²) in [6, 6.07) is 15.6. The van der Waals surface area contributed by atoms with E-state index in [1.807, 2.05) is 30.3 Å². The second-order valence-corrected chi connectivity index (χ2v) is 5.42. The van der Waals surface area contributed by atoms with Gasteiger partial charge in [-0.3, -0.25) is 4.79 Å². The number of benzene rings is 2. The third-order valence-electron chi connectivity index (χ3n) is 4.02. The topological polar surface area (TPSA) is 26.3 Å². The lowest BCUT2D eigenvalue weighted by molar-refractivity contribution is -0.00323. The fraction of sp³-hybridized carbons (Fsp3) is 0.278. The maximum atomic E-state index is 13.0. The normalized spacial score (nSPS) is 21.4. The zero-order valence-corrected chi connectivity index (χ0v) is 11.7. The Morgan fingerprint density at radius 2 is 1.81 bits per heavy atom. The van der Waals surface area contributed by atoms with Crippen LogP contribution in [0.5, 0.6) is 0 Å². The Morgan fingerprint density at radius 3 is 2.43 bits per heavy atom. The molecule has 1 fully saturated rings. The molecule has 21 heavy (non-hydrogen) atoms. The third kappa shape index (κ3) is 2.88. The first-order chi connectivity index (χ1) is 10.2. The first-order valence-electron chi connectivity index (χ1n) is 7.18. The van der Waals surface area contributed by atoms with Crippen LogP contribution in [0.3, 0.4) is 0 Å². The number of halogens is 1. The van der Waals surface area contributed by atoms with Gasteiger partial charge in [-0.1, -0.05) is 30.3 Å². The van der Waals surface area contributed by atoms with Gasteiger partial charge in [0.1, 0.15) is 11.4 Å². The predicted molar refractivity (Wildman–Crippen MR) is 78.7 cm³/mol. The van der Waals surface area contributed by atoms with E-state index in [-0.39, 0.29) is 11.6 Å². The molecule has 2 aromatic rings. The number of carbonyl (C=O) groups is 1. The highest BCUT2D eigenvalue weighted by Crippen LogP contribution is 2.40. The highest BCUT2D eigenvalue weighted by Gasteiger charge is 2.39. The van der Waals surface area contributed by atoms with Crippen molar-refractivity contribution in [2.45, 2.75) is 24.9 Å². The molecule has 0 amide bonds. The highest BCUT2D eigenvalue weighted by molar-refractivity contribution is 5.96. The van der Waals surface area contributed by atoms with Crippen LogP contribution in [-0.4, -0.2) is 12.4 Å². The Kier molecular flexibility index (Phi) is 3.84. The molecule has 1 heterocycles. The van der Waals surface area contributed by atoms with Crippen molar-refractivity contribution < 1.29 is 13.9 Å². The fourth-order valence-electron chi connectivity index (χ4n) is 2.91. The molecule has 0 radical (unpaired) electrons. The summed E-state index contributed by atoms with van der Waals surface area (Å²) in [4.78, 5) is 12.5. The van der Waals surface area contributed by atoms with Crippen molar-refractivity contribution in [2.24, 2.45) is 0 Å². The van der Waals surface area contributed by atoms with E-state index in [9.17, 15) is 9.18 Å². The molecule has 0 bridgehead atoms. The molecule has 2 aromatic carbocycles. The number of ketones is 1. The van der Waals surface area contributed by atoms with E-state index in [4.69, 9.17) is 4.74 Å². The summed E-state index contributed by atoms with van der Waals surface area (Å²) in [5.74, 6) is -0.345. The summed E-state index contributed by atoms with van der Waals surface area (Å²) in [6.45, 7) is 0.672. The van der Waals surface area contributed by atoms with Crippen LogP contribution in [-0.2, 0) is 10.3 Å². The fourth-order valence-corrected chi connectivity index (χ4v) is 2.91. The second-order valence-electron chi connectivity index (χ2n) is 5.42. The zero-order chi connectivity index (χ0) is 14.7. The summed E-state index contributed by atoms with van der Waals surface area (Å²) in [7, 11) is 0. The maximum absolute atomic E-state index is 13.0. The van der Waals surface area contributed by atoms with Crippen LogP contribution < -0.4 is 0 Å². The smallest absolute Gasteiger partial charge is 0.166 e. The first kappa shape index (κ1) is 14.0. The molecule has 1 unspecified atom stereocenters. The molecule has 1 aliphatic rings. The van der Waals surface area contributed by atoms with Crippen LogP contribution in [0.2, 0.25) is 0 Å². The zero-order valence-electron chi connectivity index (χ0n) is 11.7. The van der Waals surface area contributed by atoms with Crippen molar-refractivity contribution in [3.8, 4) is 0 Å². The van der Waals surface area contributed by atoms with E-state index in [1.165, 1.54) is 24.3 Å². The number of Topliss-reactive ketones (excluding diaryl/α,β-unsaturated/α-hetero) is 1. The standard InChI is InChI=1S/C18H17FO2/c19-16-9-7-14(8-10-16)17(20)13-18(11-4-12-21-18)15-5-2-1-3-6-15/h1-3,5-10H,4,11-13H2. The summed E-state index contributed by atoms with van der Waals surface area (Å²) in [5.41, 5.74) is 1.03. The summed E-state index contributed by atoms with van der Waals surface area (Å²) >= 11 is 0. The van der Waals surface area contributed by atoms with Gasteiger partial charge in [0.15, 0.2) is 5.78 Å². The first-order valence-corrected chi connectivity index (χ1v) is 7.18. The molecule has 1 saturated heterocycles. The van der Waals surface area contributed by atoms with Crippen LogP contribution in [0, 0.1) is 5.82 Å². The molecular formula is C18H17FO2. The van der Waals surface area contributed by atoms with Gasteiger partial charge in [-0.05, 0) is 42.7 Å². The van der Waals surface area contributed by atoms with E-state index in [0.29, 0.717) is 18.6 Å². The van der Waals surface area contributed by atoms with Crippen molar-refractivity contribution in [1.82, 2.24) is 0 Å². The maximum Gasteiger partial charge on any atom is 0.166 e. The number of carbonyl (C=O) groups excluding carboxylic acids is 1. The minimum Gasteiger partial charge on any atom is -0.370 e. The molecular weight excluding hydrogens is 267 g/mol. The lowest BCUT2D eigenvalue weighted by atomic mass is 9.85. The van der Waals surface area contributed by atoms with E-state index < -0.39 is 5.60 Å². The molecule has 3 heteroatoms. The van der Waals surface area contributed by atoms with Gasteiger partial charge < -0.3 is 4.74 Å². The molecule has 0 saturated carbocycles. The Labute approximate surface area is 123 Å². The minimum atomic E-state index is -0.535. The van der Waals surface area contributed by atoms with Crippen LogP contribution >= 0.6 is 0 Å². The Morgan fingerprint density at radius 1 is 1.10 bits per heavy atom. The van der Waals surface area contributed by atoms with Crippen molar-refractivity contribution in [1.29, 1.82) is 0 Å². The molecule has 2 nitrogen and oxygen atoms in total. The highest BCUT2D eigenvalue weighted by atomic mass is 19.1. The average Bonchev–Trinajstić information content (AvgIpc) is 2.98. The summed E-state index contributed by atoms with van der Waals surface area (Å²) in [6.07, 6.45) is 2.08. The van der Waals surface area contributed by atoms with Crippen LogP contribution in [0.4, 0.5) is 4.39 Å². The van der Waals surface area contributed by atoms with Gasteiger partial charge in [-0.25, -0.2) is 4.39 Å². The van der Waals surface area contributed by atoms with Crippen molar-refractivity contribution >= 4 is 5.78 Å². The molecule has 108 valence electrons. The Hall–Kier alpha value is -2.00. The average molecular weight is 284 g/mol.